The fourth-order valence-corrected chi connectivity index (χ4v) is 5.04. The highest BCUT2D eigenvalue weighted by atomic mass is 32.2. The molecule has 0 atom stereocenters. The number of aromatic nitrogens is 1. The second kappa shape index (κ2) is 7.58. The summed E-state index contributed by atoms with van der Waals surface area (Å²) >= 11 is 0. The van der Waals surface area contributed by atoms with Crippen LogP contribution in [-0.4, -0.2) is 62.5 Å². The summed E-state index contributed by atoms with van der Waals surface area (Å²) in [6, 6.07) is 14.2. The lowest BCUT2D eigenvalue weighted by atomic mass is 10.1. The van der Waals surface area contributed by atoms with Crippen molar-refractivity contribution in [2.24, 2.45) is 0 Å². The number of ether oxygens (including phenoxy) is 1. The Morgan fingerprint density at radius 1 is 0.964 bits per heavy atom. The van der Waals surface area contributed by atoms with E-state index in [0.717, 1.165) is 43.7 Å². The van der Waals surface area contributed by atoms with Crippen molar-refractivity contribution >= 4 is 20.9 Å². The van der Waals surface area contributed by atoms with E-state index in [1.54, 1.807) is 37.6 Å². The zero-order valence-corrected chi connectivity index (χ0v) is 17.0. The van der Waals surface area contributed by atoms with Gasteiger partial charge in [-0.1, -0.05) is 18.2 Å². The predicted octanol–water partition coefficient (Wildman–Crippen LogP) is 2.63. The molecule has 0 aliphatic carbocycles. The number of hydrogen-bond acceptors (Lipinski definition) is 5. The number of likely N-dealkylation sites (N-methyl/N-ethyl adjacent to an activating group) is 1. The normalized spacial score (nSPS) is 16.5. The van der Waals surface area contributed by atoms with Gasteiger partial charge in [0.05, 0.1) is 17.5 Å². The molecule has 7 heteroatoms. The second-order valence-electron chi connectivity index (χ2n) is 7.23. The average molecular weight is 400 g/mol. The summed E-state index contributed by atoms with van der Waals surface area (Å²) in [5, 5.41) is 0.985. The number of piperazine rings is 1. The molecular weight excluding hydrogens is 374 g/mol. The maximum atomic E-state index is 13.3. The summed E-state index contributed by atoms with van der Waals surface area (Å²) in [5.41, 5.74) is 1.75. The topological polar surface area (TPSA) is 54.8 Å². The van der Waals surface area contributed by atoms with Crippen molar-refractivity contribution in [2.75, 3.05) is 40.3 Å². The van der Waals surface area contributed by atoms with Crippen LogP contribution in [-0.2, 0) is 16.6 Å². The summed E-state index contributed by atoms with van der Waals surface area (Å²) in [4.78, 5) is 4.94. The molecule has 0 amide bonds. The Morgan fingerprint density at radius 2 is 1.64 bits per heavy atom. The monoisotopic (exact) mass is 399 g/mol. The van der Waals surface area contributed by atoms with Gasteiger partial charge in [-0.05, 0) is 42.9 Å². The summed E-state index contributed by atoms with van der Waals surface area (Å²) in [6.45, 7) is 4.79. The van der Waals surface area contributed by atoms with Crippen molar-refractivity contribution in [1.82, 2.24) is 13.8 Å². The van der Waals surface area contributed by atoms with Crippen molar-refractivity contribution in [3.8, 4) is 5.75 Å². The third kappa shape index (κ3) is 3.53. The third-order valence-electron chi connectivity index (χ3n) is 5.37. The molecule has 0 spiro atoms. The van der Waals surface area contributed by atoms with Crippen molar-refractivity contribution in [3.05, 3.63) is 60.3 Å². The van der Waals surface area contributed by atoms with Crippen LogP contribution in [0.5, 0.6) is 5.75 Å². The van der Waals surface area contributed by atoms with Crippen LogP contribution in [0.2, 0.25) is 0 Å². The van der Waals surface area contributed by atoms with E-state index in [4.69, 9.17) is 4.74 Å². The lowest BCUT2D eigenvalue weighted by Gasteiger charge is -2.32. The van der Waals surface area contributed by atoms with Crippen LogP contribution in [0.4, 0.5) is 0 Å². The zero-order chi connectivity index (χ0) is 19.7. The van der Waals surface area contributed by atoms with E-state index in [1.807, 2.05) is 24.3 Å². The molecular formula is C21H25N3O3S. The van der Waals surface area contributed by atoms with Gasteiger partial charge in [0.15, 0.2) is 0 Å². The van der Waals surface area contributed by atoms with Gasteiger partial charge in [0.2, 0.25) is 0 Å². The van der Waals surface area contributed by atoms with Gasteiger partial charge in [0.1, 0.15) is 5.75 Å². The smallest absolute Gasteiger partial charge is 0.268 e. The highest BCUT2D eigenvalue weighted by Crippen LogP contribution is 2.28. The molecule has 2 aromatic carbocycles. The Balaban J connectivity index is 1.72. The molecule has 28 heavy (non-hydrogen) atoms. The molecule has 1 aliphatic heterocycles. The third-order valence-corrected chi connectivity index (χ3v) is 7.05. The van der Waals surface area contributed by atoms with E-state index < -0.39 is 10.0 Å². The number of nitrogens with zero attached hydrogens (tertiary/aromatic N) is 3. The minimum absolute atomic E-state index is 0.250. The van der Waals surface area contributed by atoms with Crippen LogP contribution in [0, 0.1) is 0 Å². The van der Waals surface area contributed by atoms with E-state index in [-0.39, 0.29) is 4.90 Å². The minimum atomic E-state index is -3.68. The Hall–Kier alpha value is -2.35. The SMILES string of the molecule is COc1ccc(S(=O)(=O)n2cc(CN3CCN(C)CC3)c3ccccc32)cc1. The molecule has 148 valence electrons. The van der Waals surface area contributed by atoms with Crippen molar-refractivity contribution in [3.63, 3.8) is 0 Å². The lowest BCUT2D eigenvalue weighted by molar-refractivity contribution is 0.148. The maximum Gasteiger partial charge on any atom is 0.268 e. The summed E-state index contributed by atoms with van der Waals surface area (Å²) in [7, 11) is 0.00774. The molecule has 6 nitrogen and oxygen atoms in total. The zero-order valence-electron chi connectivity index (χ0n) is 16.2. The predicted molar refractivity (Wildman–Crippen MR) is 110 cm³/mol. The first-order valence-corrected chi connectivity index (χ1v) is 10.8. The summed E-state index contributed by atoms with van der Waals surface area (Å²) in [5.74, 6) is 0.632. The van der Waals surface area contributed by atoms with Gasteiger partial charge >= 0.3 is 0 Å². The van der Waals surface area contributed by atoms with Gasteiger partial charge in [-0.2, -0.15) is 0 Å². The molecule has 0 saturated carbocycles. The molecule has 3 aromatic rings. The lowest BCUT2D eigenvalue weighted by Crippen LogP contribution is -2.43. The number of rotatable bonds is 5. The van der Waals surface area contributed by atoms with Crippen molar-refractivity contribution < 1.29 is 13.2 Å². The Kier molecular flexibility index (Phi) is 5.14. The highest BCUT2D eigenvalue weighted by Gasteiger charge is 2.23. The number of para-hydroxylation sites is 1. The van der Waals surface area contributed by atoms with E-state index in [0.29, 0.717) is 11.3 Å². The van der Waals surface area contributed by atoms with Crippen LogP contribution in [0.1, 0.15) is 5.56 Å². The molecule has 0 unspecified atom stereocenters. The summed E-state index contributed by atoms with van der Waals surface area (Å²) < 4.78 is 33.2. The second-order valence-corrected chi connectivity index (χ2v) is 9.04. The highest BCUT2D eigenvalue weighted by molar-refractivity contribution is 7.90. The van der Waals surface area contributed by atoms with Crippen LogP contribution in [0.15, 0.2) is 59.6 Å². The Morgan fingerprint density at radius 3 is 2.32 bits per heavy atom. The summed E-state index contributed by atoms with van der Waals surface area (Å²) in [6.07, 6.45) is 1.78. The van der Waals surface area contributed by atoms with Gasteiger partial charge in [-0.25, -0.2) is 12.4 Å². The van der Waals surface area contributed by atoms with E-state index in [9.17, 15) is 8.42 Å². The van der Waals surface area contributed by atoms with E-state index in [1.165, 1.54) is 3.97 Å². The van der Waals surface area contributed by atoms with Crippen molar-refractivity contribution in [1.29, 1.82) is 0 Å². The molecule has 2 heterocycles. The van der Waals surface area contributed by atoms with Crippen molar-refractivity contribution in [2.45, 2.75) is 11.4 Å². The molecule has 0 radical (unpaired) electrons. The van der Waals surface area contributed by atoms with Gasteiger partial charge in [0, 0.05) is 44.3 Å². The fourth-order valence-electron chi connectivity index (χ4n) is 3.65. The maximum absolute atomic E-state index is 13.3. The largest absolute Gasteiger partial charge is 0.497 e. The molecule has 1 saturated heterocycles. The van der Waals surface area contributed by atoms with Crippen LogP contribution < -0.4 is 4.74 Å². The number of methoxy groups -OCH3 is 1. The van der Waals surface area contributed by atoms with Crippen LogP contribution in [0.25, 0.3) is 10.9 Å². The van der Waals surface area contributed by atoms with Gasteiger partial charge < -0.3 is 9.64 Å². The standard InChI is InChI=1S/C21H25N3O3S/c1-22-11-13-23(14-12-22)15-17-16-24(21-6-4-3-5-20(17)21)28(25,26)19-9-7-18(27-2)8-10-19/h3-10,16H,11-15H2,1-2H3. The molecule has 4 rings (SSSR count). The Labute approximate surface area is 166 Å². The number of fused-ring (bicyclic) bond motifs is 1. The molecule has 1 fully saturated rings. The van der Waals surface area contributed by atoms with E-state index in [2.05, 4.69) is 16.8 Å². The molecule has 0 N–H and O–H groups in total. The minimum Gasteiger partial charge on any atom is -0.497 e. The molecule has 1 aromatic heterocycles. The number of benzene rings is 2. The Bertz CT molecular complexity index is 1070. The van der Waals surface area contributed by atoms with Gasteiger partial charge in [0.25, 0.3) is 10.0 Å². The average Bonchev–Trinajstić information content (AvgIpc) is 3.09. The molecule has 0 bridgehead atoms. The first kappa shape index (κ1) is 19.0. The van der Waals surface area contributed by atoms with Gasteiger partial charge in [-0.3, -0.25) is 4.90 Å². The first-order chi connectivity index (χ1) is 13.5. The van der Waals surface area contributed by atoms with Gasteiger partial charge in [-0.15, -0.1) is 0 Å². The molecule has 1 aliphatic rings. The van der Waals surface area contributed by atoms with Crippen LogP contribution >= 0.6 is 0 Å². The first-order valence-electron chi connectivity index (χ1n) is 9.38. The van der Waals surface area contributed by atoms with E-state index >= 15 is 0 Å². The number of hydrogen-bond donors (Lipinski definition) is 0. The quantitative estimate of drug-likeness (QED) is 0.660. The van der Waals surface area contributed by atoms with Crippen LogP contribution in [0.3, 0.4) is 0 Å². The fraction of sp³-hybridized carbons (Fsp3) is 0.333.